The maximum atomic E-state index is 12.6. The number of nitrogens with zero attached hydrogens (tertiary/aromatic N) is 2. The number of amides is 4. The summed E-state index contributed by atoms with van der Waals surface area (Å²) >= 11 is 4.21. The lowest BCUT2D eigenvalue weighted by molar-refractivity contribution is -0.121. The quantitative estimate of drug-likeness (QED) is 0.139. The van der Waals surface area contributed by atoms with Crippen LogP contribution in [0.3, 0.4) is 0 Å². The van der Waals surface area contributed by atoms with Crippen LogP contribution in [-0.4, -0.2) is 109 Å². The van der Waals surface area contributed by atoms with Crippen molar-refractivity contribution in [2.24, 2.45) is 0 Å². The Labute approximate surface area is 284 Å². The molecule has 2 aromatic rings. The molecule has 0 fully saturated rings. The Balaban J connectivity index is 0.0000106. The van der Waals surface area contributed by atoms with Gasteiger partial charge in [0.1, 0.15) is 6.61 Å². The van der Waals surface area contributed by atoms with Gasteiger partial charge < -0.3 is 33.9 Å². The van der Waals surface area contributed by atoms with E-state index in [1.165, 1.54) is 0 Å². The third-order valence-electron chi connectivity index (χ3n) is 6.23. The second-order valence-electron chi connectivity index (χ2n) is 11.3. The highest BCUT2D eigenvalue weighted by atomic mass is 35.5. The van der Waals surface area contributed by atoms with E-state index in [1.54, 1.807) is 36.4 Å². The number of nitrogens with one attached hydrogen (secondary N) is 2. The number of anilines is 2. The molecular weight excluding hydrogens is 636 g/mol. The molecule has 0 aliphatic rings. The highest BCUT2D eigenvalue weighted by Gasteiger charge is 2.18. The number of thiol groups is 1. The summed E-state index contributed by atoms with van der Waals surface area (Å²) in [6.07, 6.45) is 0. The number of hydrogen-bond acceptors (Lipinski definition) is 10. The monoisotopic (exact) mass is 684 g/mol. The standard InChI is InChI=1S/C32H48N4O8S.ClH/c1-32(2,3)26-8-6-25(7-9-26)30(38)34-31(39)36(45)28-12-10-27(11-13-28)33-29(37)24-44-23-22-43-21-20-42-19-18-41-17-16-40-15-14-35(4)5;/h6-13,45H,14-24H2,1-5H3,(H,33,37)(H,34,38,39);1H. The molecule has 14 heteroatoms. The van der Waals surface area contributed by atoms with Crippen LogP contribution in [0.25, 0.3) is 0 Å². The van der Waals surface area contributed by atoms with Crippen LogP contribution in [0.1, 0.15) is 36.7 Å². The third kappa shape index (κ3) is 17.2. The van der Waals surface area contributed by atoms with Gasteiger partial charge in [0.2, 0.25) is 5.91 Å². The van der Waals surface area contributed by atoms with Crippen molar-refractivity contribution in [1.29, 1.82) is 0 Å². The summed E-state index contributed by atoms with van der Waals surface area (Å²) in [4.78, 5) is 39.3. The van der Waals surface area contributed by atoms with Crippen LogP contribution in [0, 0.1) is 0 Å². The van der Waals surface area contributed by atoms with Crippen molar-refractivity contribution in [3.05, 3.63) is 59.7 Å². The third-order valence-corrected chi connectivity index (χ3v) is 6.64. The zero-order chi connectivity index (χ0) is 33.1. The molecule has 0 aliphatic carbocycles. The highest BCUT2D eigenvalue weighted by Crippen LogP contribution is 2.23. The van der Waals surface area contributed by atoms with Crippen molar-refractivity contribution < 1.29 is 38.1 Å². The number of likely N-dealkylation sites (N-methyl/N-ethyl adjacent to an activating group) is 1. The molecule has 46 heavy (non-hydrogen) atoms. The molecule has 2 aromatic carbocycles. The van der Waals surface area contributed by atoms with Crippen LogP contribution in [0.4, 0.5) is 16.2 Å². The average molecular weight is 685 g/mol. The van der Waals surface area contributed by atoms with Crippen molar-refractivity contribution in [2.45, 2.75) is 26.2 Å². The molecule has 12 nitrogen and oxygen atoms in total. The van der Waals surface area contributed by atoms with E-state index in [0.717, 1.165) is 16.4 Å². The number of urea groups is 1. The summed E-state index contributed by atoms with van der Waals surface area (Å²) in [7, 11) is 4.00. The zero-order valence-corrected chi connectivity index (χ0v) is 29.1. The lowest BCUT2D eigenvalue weighted by Gasteiger charge is -2.19. The Morgan fingerprint density at radius 2 is 1.20 bits per heavy atom. The lowest BCUT2D eigenvalue weighted by Crippen LogP contribution is -2.38. The lowest BCUT2D eigenvalue weighted by atomic mass is 9.87. The number of ether oxygens (including phenoxy) is 5. The average Bonchev–Trinajstić information content (AvgIpc) is 3.00. The summed E-state index contributed by atoms with van der Waals surface area (Å²) in [5.41, 5.74) is 2.32. The summed E-state index contributed by atoms with van der Waals surface area (Å²) in [5, 5.41) is 5.04. The molecule has 0 atom stereocenters. The normalized spacial score (nSPS) is 11.2. The van der Waals surface area contributed by atoms with Crippen molar-refractivity contribution in [3.63, 3.8) is 0 Å². The molecule has 258 valence electrons. The van der Waals surface area contributed by atoms with E-state index in [9.17, 15) is 14.4 Å². The molecule has 0 unspecified atom stereocenters. The van der Waals surface area contributed by atoms with Crippen molar-refractivity contribution >= 4 is 54.4 Å². The Bertz CT molecular complexity index is 1160. The maximum Gasteiger partial charge on any atom is 0.338 e. The van der Waals surface area contributed by atoms with Gasteiger partial charge in [-0.05, 0) is 61.5 Å². The van der Waals surface area contributed by atoms with E-state index in [1.807, 2.05) is 26.2 Å². The van der Waals surface area contributed by atoms with Crippen LogP contribution >= 0.6 is 25.2 Å². The molecule has 0 aliphatic heterocycles. The fourth-order valence-corrected chi connectivity index (χ4v) is 3.82. The van der Waals surface area contributed by atoms with E-state index in [0.29, 0.717) is 69.8 Å². The van der Waals surface area contributed by atoms with Crippen molar-refractivity contribution in [3.8, 4) is 0 Å². The molecule has 4 amide bonds. The first-order valence-electron chi connectivity index (χ1n) is 14.9. The van der Waals surface area contributed by atoms with Crippen LogP contribution in [-0.2, 0) is 33.9 Å². The first-order valence-corrected chi connectivity index (χ1v) is 15.3. The van der Waals surface area contributed by atoms with Gasteiger partial charge in [0.15, 0.2) is 0 Å². The van der Waals surface area contributed by atoms with Crippen LogP contribution in [0.2, 0.25) is 0 Å². The summed E-state index contributed by atoms with van der Waals surface area (Å²) in [6, 6.07) is 12.8. The second-order valence-corrected chi connectivity index (χ2v) is 11.7. The summed E-state index contributed by atoms with van der Waals surface area (Å²) < 4.78 is 28.1. The Morgan fingerprint density at radius 1 is 0.717 bits per heavy atom. The molecule has 0 radical (unpaired) electrons. The topological polar surface area (TPSA) is 128 Å². The minimum atomic E-state index is -0.705. The smallest absolute Gasteiger partial charge is 0.338 e. The number of carbonyl (C=O) groups excluding carboxylic acids is 3. The maximum absolute atomic E-state index is 12.6. The van der Waals surface area contributed by atoms with Crippen LogP contribution < -0.4 is 14.9 Å². The molecule has 2 N–H and O–H groups in total. The van der Waals surface area contributed by atoms with Gasteiger partial charge in [0.05, 0.1) is 65.1 Å². The van der Waals surface area contributed by atoms with E-state index in [2.05, 4.69) is 49.1 Å². The van der Waals surface area contributed by atoms with Gasteiger partial charge in [-0.1, -0.05) is 45.7 Å². The zero-order valence-electron chi connectivity index (χ0n) is 27.4. The van der Waals surface area contributed by atoms with Gasteiger partial charge >= 0.3 is 6.03 Å². The molecule has 0 bridgehead atoms. The number of hydrogen-bond donors (Lipinski definition) is 3. The molecule has 0 saturated carbocycles. The molecule has 0 aromatic heterocycles. The van der Waals surface area contributed by atoms with E-state index in [4.69, 9.17) is 23.7 Å². The predicted octanol–water partition coefficient (Wildman–Crippen LogP) is 4.19. The molecular formula is C32H49ClN4O8S. The van der Waals surface area contributed by atoms with Crippen LogP contribution in [0.5, 0.6) is 0 Å². The minimum Gasteiger partial charge on any atom is -0.378 e. The molecule has 0 spiro atoms. The van der Waals surface area contributed by atoms with E-state index < -0.39 is 11.9 Å². The largest absolute Gasteiger partial charge is 0.378 e. The van der Waals surface area contributed by atoms with Crippen molar-refractivity contribution in [2.75, 3.05) is 96.3 Å². The van der Waals surface area contributed by atoms with Gasteiger partial charge in [-0.15, -0.1) is 12.4 Å². The van der Waals surface area contributed by atoms with Gasteiger partial charge in [0.25, 0.3) is 5.91 Å². The summed E-state index contributed by atoms with van der Waals surface area (Å²) in [6.45, 7) is 11.2. The van der Waals surface area contributed by atoms with Gasteiger partial charge in [-0.2, -0.15) is 0 Å². The number of imide groups is 1. The Morgan fingerprint density at radius 3 is 1.67 bits per heavy atom. The fourth-order valence-electron chi connectivity index (χ4n) is 3.64. The first kappa shape index (κ1) is 41.3. The Hall–Kier alpha value is -2.75. The van der Waals surface area contributed by atoms with Gasteiger partial charge in [-0.25, -0.2) is 9.10 Å². The molecule has 0 saturated heterocycles. The number of carbonyl (C=O) groups is 3. The number of rotatable bonds is 20. The fraction of sp³-hybridized carbons (Fsp3) is 0.531. The Kier molecular flexibility index (Phi) is 20.4. The molecule has 0 heterocycles. The molecule has 2 rings (SSSR count). The highest BCUT2D eigenvalue weighted by molar-refractivity contribution is 7.82. The number of benzene rings is 2. The van der Waals surface area contributed by atoms with Crippen LogP contribution in [0.15, 0.2) is 48.5 Å². The predicted molar refractivity (Wildman–Crippen MR) is 184 cm³/mol. The first-order chi connectivity index (χ1) is 21.5. The van der Waals surface area contributed by atoms with Crippen molar-refractivity contribution in [1.82, 2.24) is 10.2 Å². The number of halogens is 1. The van der Waals surface area contributed by atoms with Gasteiger partial charge in [0, 0.05) is 17.8 Å². The minimum absolute atomic E-state index is 0. The van der Waals surface area contributed by atoms with E-state index >= 15 is 0 Å². The summed E-state index contributed by atoms with van der Waals surface area (Å²) in [5.74, 6) is -0.867. The SMILES string of the molecule is CN(C)CCOCCOCCOCCOCCOCC(=O)Nc1ccc(N(S)C(=O)NC(=O)c2ccc(C(C)(C)C)cc2)cc1.Cl. The van der Waals surface area contributed by atoms with E-state index in [-0.39, 0.29) is 36.9 Å². The van der Waals surface area contributed by atoms with Gasteiger partial charge in [-0.3, -0.25) is 14.9 Å². The second kappa shape index (κ2) is 22.7.